The van der Waals surface area contributed by atoms with Gasteiger partial charge in [-0.05, 0) is 25.2 Å². The van der Waals surface area contributed by atoms with Gasteiger partial charge < -0.3 is 0 Å². The van der Waals surface area contributed by atoms with Gasteiger partial charge in [-0.1, -0.05) is 46.3 Å². The maximum absolute atomic E-state index is 5.33. The molecule has 0 aromatic rings. The first-order valence-electron chi connectivity index (χ1n) is 5.29. The molecule has 2 atom stereocenters. The van der Waals surface area contributed by atoms with Gasteiger partial charge in [0, 0.05) is 9.45 Å². The normalized spacial score (nSPS) is 15.4. The summed E-state index contributed by atoms with van der Waals surface area (Å²) in [5.74, 6) is 0.829. The second-order valence-corrected chi connectivity index (χ2v) is 6.05. The van der Waals surface area contributed by atoms with E-state index in [9.17, 15) is 0 Å². The maximum Gasteiger partial charge on any atom is 0.0481 e. The van der Waals surface area contributed by atoms with Gasteiger partial charge in [0.25, 0.3) is 0 Å². The van der Waals surface area contributed by atoms with Crippen molar-refractivity contribution in [1.29, 1.82) is 0 Å². The highest BCUT2D eigenvalue weighted by Gasteiger charge is 2.06. The summed E-state index contributed by atoms with van der Waals surface area (Å²) in [5, 5.41) is 0.699. The minimum absolute atomic E-state index is 0.699. The highest BCUT2D eigenvalue weighted by atomic mass is 32.2. The maximum atomic E-state index is 5.33. The number of hydrogen-bond acceptors (Lipinski definition) is 2. The van der Waals surface area contributed by atoms with E-state index in [1.807, 2.05) is 11.8 Å². The van der Waals surface area contributed by atoms with Crippen LogP contribution in [0, 0.1) is 5.92 Å². The van der Waals surface area contributed by atoms with E-state index >= 15 is 0 Å². The lowest BCUT2D eigenvalue weighted by atomic mass is 10.0. The van der Waals surface area contributed by atoms with E-state index in [1.165, 1.54) is 23.5 Å². The minimum Gasteiger partial charge on any atom is -0.116 e. The first-order chi connectivity index (χ1) is 6.10. The van der Waals surface area contributed by atoms with Crippen LogP contribution in [0.4, 0.5) is 0 Å². The fourth-order valence-electron chi connectivity index (χ4n) is 0.935. The van der Waals surface area contributed by atoms with Crippen LogP contribution in [-0.4, -0.2) is 9.45 Å². The Hall–Kier alpha value is 0.440. The van der Waals surface area contributed by atoms with Crippen LogP contribution in [0.2, 0.25) is 0 Å². The zero-order valence-electron chi connectivity index (χ0n) is 9.30. The smallest absolute Gasteiger partial charge is 0.0481 e. The lowest BCUT2D eigenvalue weighted by Gasteiger charge is -2.11. The van der Waals surface area contributed by atoms with Crippen molar-refractivity contribution in [1.82, 2.24) is 0 Å². The Morgan fingerprint density at radius 2 is 1.85 bits per heavy atom. The molecule has 0 radical (unpaired) electrons. The van der Waals surface area contributed by atoms with E-state index in [0.29, 0.717) is 5.25 Å². The summed E-state index contributed by atoms with van der Waals surface area (Å²) < 4.78 is 1.20. The molecule has 0 aromatic heterocycles. The van der Waals surface area contributed by atoms with Crippen LogP contribution >= 0.6 is 24.0 Å². The Bertz CT molecular complexity index is 143. The van der Waals surface area contributed by atoms with Gasteiger partial charge in [-0.2, -0.15) is 0 Å². The second-order valence-electron chi connectivity index (χ2n) is 3.76. The summed E-state index contributed by atoms with van der Waals surface area (Å²) in [6.45, 7) is 9.02. The summed E-state index contributed by atoms with van der Waals surface area (Å²) in [5.41, 5.74) is 0. The first kappa shape index (κ1) is 13.4. The largest absolute Gasteiger partial charge is 0.116 e. The molecule has 0 amide bonds. The zero-order chi connectivity index (χ0) is 10.3. The van der Waals surface area contributed by atoms with E-state index in [4.69, 9.17) is 12.2 Å². The van der Waals surface area contributed by atoms with Crippen LogP contribution in [0.3, 0.4) is 0 Å². The van der Waals surface area contributed by atoms with Gasteiger partial charge >= 0.3 is 0 Å². The standard InChI is InChI=1S/C11H22S2/c1-5-9(3)7-8-11(12)13-10(4)6-2/h9-10H,5-8H2,1-4H3. The Balaban J connectivity index is 3.51. The SMILES string of the molecule is CCC(C)CCC(=S)SC(C)CC. The van der Waals surface area contributed by atoms with Crippen molar-refractivity contribution in [3.05, 3.63) is 0 Å². The average molecular weight is 218 g/mol. The van der Waals surface area contributed by atoms with Gasteiger partial charge in [0.2, 0.25) is 0 Å². The van der Waals surface area contributed by atoms with Crippen LogP contribution in [0.15, 0.2) is 0 Å². The summed E-state index contributed by atoms with van der Waals surface area (Å²) in [4.78, 5) is 0. The molecule has 0 saturated heterocycles. The third-order valence-electron chi connectivity index (χ3n) is 2.45. The van der Waals surface area contributed by atoms with Gasteiger partial charge in [0.15, 0.2) is 0 Å². The molecule has 0 aromatic carbocycles. The van der Waals surface area contributed by atoms with Crippen LogP contribution in [-0.2, 0) is 0 Å². The molecular weight excluding hydrogens is 196 g/mol. The number of thiocarbonyl (C=S) groups is 1. The van der Waals surface area contributed by atoms with E-state index in [-0.39, 0.29) is 0 Å². The van der Waals surface area contributed by atoms with Crippen LogP contribution in [0.1, 0.15) is 53.4 Å². The van der Waals surface area contributed by atoms with E-state index in [0.717, 1.165) is 12.3 Å². The molecule has 0 rings (SSSR count). The summed E-state index contributed by atoms with van der Waals surface area (Å²) >= 11 is 7.21. The van der Waals surface area contributed by atoms with Crippen molar-refractivity contribution in [2.75, 3.05) is 0 Å². The van der Waals surface area contributed by atoms with Gasteiger partial charge in [-0.25, -0.2) is 0 Å². The molecular formula is C11H22S2. The predicted molar refractivity (Wildman–Crippen MR) is 68.6 cm³/mol. The van der Waals surface area contributed by atoms with Crippen molar-refractivity contribution in [3.8, 4) is 0 Å². The molecule has 0 aliphatic carbocycles. The Morgan fingerprint density at radius 1 is 1.23 bits per heavy atom. The number of rotatable bonds is 6. The van der Waals surface area contributed by atoms with Crippen molar-refractivity contribution < 1.29 is 0 Å². The molecule has 0 heterocycles. The van der Waals surface area contributed by atoms with Crippen molar-refractivity contribution in [2.45, 2.75) is 58.6 Å². The Labute approximate surface area is 92.9 Å². The van der Waals surface area contributed by atoms with Gasteiger partial charge in [-0.15, -0.1) is 11.8 Å². The average Bonchev–Trinajstić information content (AvgIpc) is 2.13. The third kappa shape index (κ3) is 7.51. The lowest BCUT2D eigenvalue weighted by Crippen LogP contribution is -2.01. The quantitative estimate of drug-likeness (QED) is 0.594. The molecule has 0 bridgehead atoms. The minimum atomic E-state index is 0.699. The van der Waals surface area contributed by atoms with Crippen molar-refractivity contribution in [2.24, 2.45) is 5.92 Å². The summed E-state index contributed by atoms with van der Waals surface area (Å²) in [7, 11) is 0. The number of thioether (sulfide) groups is 1. The zero-order valence-corrected chi connectivity index (χ0v) is 10.9. The molecule has 0 spiro atoms. The van der Waals surface area contributed by atoms with Gasteiger partial charge in [0.1, 0.15) is 0 Å². The lowest BCUT2D eigenvalue weighted by molar-refractivity contribution is 0.530. The molecule has 78 valence electrons. The molecule has 2 heteroatoms. The topological polar surface area (TPSA) is 0 Å². The monoisotopic (exact) mass is 218 g/mol. The second kappa shape index (κ2) is 7.81. The highest BCUT2D eigenvalue weighted by molar-refractivity contribution is 8.23. The van der Waals surface area contributed by atoms with Crippen molar-refractivity contribution in [3.63, 3.8) is 0 Å². The first-order valence-corrected chi connectivity index (χ1v) is 6.58. The fraction of sp³-hybridized carbons (Fsp3) is 0.909. The van der Waals surface area contributed by atoms with Gasteiger partial charge in [0.05, 0.1) is 0 Å². The van der Waals surface area contributed by atoms with Crippen LogP contribution in [0.25, 0.3) is 0 Å². The predicted octanol–water partition coefficient (Wildman–Crippen LogP) is 4.67. The molecule has 0 fully saturated rings. The van der Waals surface area contributed by atoms with Gasteiger partial charge in [-0.3, -0.25) is 0 Å². The fourth-order valence-corrected chi connectivity index (χ4v) is 2.40. The number of hydrogen-bond donors (Lipinski definition) is 0. The molecule has 0 saturated carbocycles. The molecule has 2 unspecified atom stereocenters. The van der Waals surface area contributed by atoms with Crippen molar-refractivity contribution >= 4 is 28.2 Å². The molecule has 0 aliphatic rings. The Kier molecular flexibility index (Phi) is 8.07. The highest BCUT2D eigenvalue weighted by Crippen LogP contribution is 2.21. The summed E-state index contributed by atoms with van der Waals surface area (Å²) in [6, 6.07) is 0. The molecule has 0 nitrogen and oxygen atoms in total. The van der Waals surface area contributed by atoms with E-state index in [2.05, 4.69) is 27.7 Å². The van der Waals surface area contributed by atoms with E-state index in [1.54, 1.807) is 0 Å². The summed E-state index contributed by atoms with van der Waals surface area (Å²) in [6.07, 6.45) is 4.88. The molecule has 0 aliphatic heterocycles. The van der Waals surface area contributed by atoms with Crippen LogP contribution in [0.5, 0.6) is 0 Å². The third-order valence-corrected chi connectivity index (χ3v) is 4.14. The molecule has 13 heavy (non-hydrogen) atoms. The van der Waals surface area contributed by atoms with E-state index < -0.39 is 0 Å². The molecule has 0 N–H and O–H groups in total. The van der Waals surface area contributed by atoms with Crippen LogP contribution < -0.4 is 0 Å². The Morgan fingerprint density at radius 3 is 2.31 bits per heavy atom.